The second-order valence-electron chi connectivity index (χ2n) is 8.28. The van der Waals surface area contributed by atoms with Crippen molar-refractivity contribution in [2.45, 2.75) is 63.5 Å². The fourth-order valence-electron chi connectivity index (χ4n) is 4.76. The first kappa shape index (κ1) is 22.8. The number of rotatable bonds is 5. The van der Waals surface area contributed by atoms with Gasteiger partial charge in [-0.05, 0) is 43.9 Å². The number of nitrogens with zero attached hydrogens (tertiary/aromatic N) is 4. The molecule has 1 aromatic heterocycles. The molecule has 0 radical (unpaired) electrons. The fraction of sp³-hybridized carbons (Fsp3) is 0.591. The van der Waals surface area contributed by atoms with Crippen LogP contribution in [-0.2, 0) is 18.4 Å². The number of benzene rings is 1. The van der Waals surface area contributed by atoms with Crippen LogP contribution in [0.3, 0.4) is 0 Å². The van der Waals surface area contributed by atoms with Gasteiger partial charge in [0.05, 0.1) is 13.7 Å². The quantitative estimate of drug-likeness (QED) is 0.357. The number of aryl methyl sites for hydroxylation is 2. The van der Waals surface area contributed by atoms with Gasteiger partial charge in [-0.15, -0.1) is 24.0 Å². The second-order valence-corrected chi connectivity index (χ2v) is 8.28. The Morgan fingerprint density at radius 2 is 2.13 bits per heavy atom. The lowest BCUT2D eigenvalue weighted by molar-refractivity contribution is 0.385. The summed E-state index contributed by atoms with van der Waals surface area (Å²) in [4.78, 5) is 8.99. The van der Waals surface area contributed by atoms with Crippen LogP contribution < -0.4 is 15.4 Å². The number of hydrogen-bond donors (Lipinski definition) is 2. The molecule has 2 heterocycles. The van der Waals surface area contributed by atoms with Crippen molar-refractivity contribution in [1.82, 2.24) is 25.4 Å². The predicted octanol–water partition coefficient (Wildman–Crippen LogP) is 3.20. The van der Waals surface area contributed by atoms with Crippen LogP contribution in [0.1, 0.15) is 49.3 Å². The van der Waals surface area contributed by atoms with E-state index in [1.54, 1.807) is 7.11 Å². The van der Waals surface area contributed by atoms with Crippen LogP contribution in [0.15, 0.2) is 29.3 Å². The molecule has 0 saturated heterocycles. The molecule has 1 fully saturated rings. The van der Waals surface area contributed by atoms with Gasteiger partial charge in [0, 0.05) is 31.5 Å². The Morgan fingerprint density at radius 1 is 1.33 bits per heavy atom. The summed E-state index contributed by atoms with van der Waals surface area (Å²) in [6.07, 6.45) is 6.90. The van der Waals surface area contributed by atoms with Crippen molar-refractivity contribution >= 4 is 29.9 Å². The SMILES string of the molecule is CN=C(NCC1(c2cccc(OC)c2)CCCC1)NC1CCc2nc(C)nn2C1.I. The Kier molecular flexibility index (Phi) is 7.60. The molecule has 1 aromatic carbocycles. The van der Waals surface area contributed by atoms with Gasteiger partial charge in [-0.25, -0.2) is 9.67 Å². The number of ether oxygens (including phenoxy) is 1. The average Bonchev–Trinajstić information content (AvgIpc) is 3.37. The van der Waals surface area contributed by atoms with Crippen molar-refractivity contribution < 1.29 is 4.74 Å². The van der Waals surface area contributed by atoms with Gasteiger partial charge in [-0.2, -0.15) is 5.10 Å². The Morgan fingerprint density at radius 3 is 2.87 bits per heavy atom. The Labute approximate surface area is 196 Å². The van der Waals surface area contributed by atoms with Crippen molar-refractivity contribution in [2.75, 3.05) is 20.7 Å². The molecule has 8 heteroatoms. The van der Waals surface area contributed by atoms with Gasteiger partial charge < -0.3 is 15.4 Å². The number of guanidine groups is 1. The maximum atomic E-state index is 5.47. The van der Waals surface area contributed by atoms with Crippen LogP contribution in [0.2, 0.25) is 0 Å². The molecule has 1 aliphatic carbocycles. The van der Waals surface area contributed by atoms with Crippen LogP contribution in [0.25, 0.3) is 0 Å². The summed E-state index contributed by atoms with van der Waals surface area (Å²) in [6, 6.07) is 8.86. The highest BCUT2D eigenvalue weighted by atomic mass is 127. The molecule has 1 aliphatic heterocycles. The van der Waals surface area contributed by atoms with E-state index in [0.29, 0.717) is 6.04 Å². The minimum Gasteiger partial charge on any atom is -0.497 e. The summed E-state index contributed by atoms with van der Waals surface area (Å²) >= 11 is 0. The number of hydrogen-bond acceptors (Lipinski definition) is 4. The minimum absolute atomic E-state index is 0. The van der Waals surface area contributed by atoms with Gasteiger partial charge in [0.1, 0.15) is 17.4 Å². The first-order valence-corrected chi connectivity index (χ1v) is 10.6. The molecular weight excluding hydrogens is 491 g/mol. The molecule has 2 N–H and O–H groups in total. The molecule has 2 aromatic rings. The topological polar surface area (TPSA) is 76.4 Å². The maximum Gasteiger partial charge on any atom is 0.191 e. The lowest BCUT2D eigenvalue weighted by Gasteiger charge is -2.32. The molecule has 0 amide bonds. The molecule has 7 nitrogen and oxygen atoms in total. The predicted molar refractivity (Wildman–Crippen MR) is 130 cm³/mol. The lowest BCUT2D eigenvalue weighted by Crippen LogP contribution is -2.50. The van der Waals surface area contributed by atoms with Gasteiger partial charge in [0.15, 0.2) is 5.96 Å². The molecule has 4 rings (SSSR count). The maximum absolute atomic E-state index is 5.47. The molecule has 0 spiro atoms. The van der Waals surface area contributed by atoms with E-state index in [1.165, 1.54) is 31.2 Å². The molecule has 164 valence electrons. The van der Waals surface area contributed by atoms with Crippen molar-refractivity contribution in [3.05, 3.63) is 41.5 Å². The zero-order valence-corrected chi connectivity index (χ0v) is 20.5. The number of fused-ring (bicyclic) bond motifs is 1. The van der Waals surface area contributed by atoms with Crippen molar-refractivity contribution in [3.63, 3.8) is 0 Å². The fourth-order valence-corrected chi connectivity index (χ4v) is 4.76. The molecule has 30 heavy (non-hydrogen) atoms. The van der Waals surface area contributed by atoms with Crippen molar-refractivity contribution in [3.8, 4) is 5.75 Å². The first-order valence-electron chi connectivity index (χ1n) is 10.6. The normalized spacial score (nSPS) is 20.2. The second kappa shape index (κ2) is 9.98. The molecule has 2 aliphatic rings. The summed E-state index contributed by atoms with van der Waals surface area (Å²) in [6.45, 7) is 3.66. The van der Waals surface area contributed by atoms with Crippen LogP contribution in [-0.4, -0.2) is 47.5 Å². The van der Waals surface area contributed by atoms with Gasteiger partial charge in [0.2, 0.25) is 0 Å². The number of aromatic nitrogens is 3. The highest BCUT2D eigenvalue weighted by Crippen LogP contribution is 2.41. The summed E-state index contributed by atoms with van der Waals surface area (Å²) < 4.78 is 7.49. The molecule has 1 unspecified atom stereocenters. The molecule has 0 bridgehead atoms. The zero-order chi connectivity index (χ0) is 20.3. The van der Waals surface area contributed by atoms with Crippen molar-refractivity contribution in [1.29, 1.82) is 0 Å². The number of nitrogens with one attached hydrogen (secondary N) is 2. The number of methoxy groups -OCH3 is 1. The average molecular weight is 524 g/mol. The number of halogens is 1. The smallest absolute Gasteiger partial charge is 0.191 e. The molecule has 1 saturated carbocycles. The summed E-state index contributed by atoms with van der Waals surface area (Å²) in [5.74, 6) is 3.73. The monoisotopic (exact) mass is 524 g/mol. The standard InChI is InChI=1S/C22H32N6O.HI/c1-16-25-20-10-9-18(14-28(20)27-16)26-21(23-2)24-15-22(11-4-5-12-22)17-7-6-8-19(13-17)29-3;/h6-8,13,18H,4-5,9-12,14-15H2,1-3H3,(H2,23,24,26);1H. The van der Waals surface area contributed by atoms with E-state index >= 15 is 0 Å². The molecule has 1 atom stereocenters. The zero-order valence-electron chi connectivity index (χ0n) is 18.1. The van der Waals surface area contributed by atoms with E-state index in [0.717, 1.165) is 49.3 Å². The largest absolute Gasteiger partial charge is 0.497 e. The highest BCUT2D eigenvalue weighted by Gasteiger charge is 2.36. The summed E-state index contributed by atoms with van der Waals surface area (Å²) in [7, 11) is 3.58. The van der Waals surface area contributed by atoms with E-state index in [2.05, 4.69) is 43.9 Å². The van der Waals surface area contributed by atoms with Gasteiger partial charge in [0.25, 0.3) is 0 Å². The third-order valence-electron chi connectivity index (χ3n) is 6.37. The van der Waals surface area contributed by atoms with Crippen molar-refractivity contribution in [2.24, 2.45) is 4.99 Å². The number of aliphatic imine (C=N–C) groups is 1. The van der Waals surface area contributed by atoms with Crippen LogP contribution >= 0.6 is 24.0 Å². The van der Waals surface area contributed by atoms with Gasteiger partial charge in [-0.1, -0.05) is 25.0 Å². The van der Waals surface area contributed by atoms with E-state index in [-0.39, 0.29) is 29.4 Å². The van der Waals surface area contributed by atoms with E-state index in [4.69, 9.17) is 4.74 Å². The first-order chi connectivity index (χ1) is 14.1. The Balaban J connectivity index is 0.00000256. The van der Waals surface area contributed by atoms with E-state index < -0.39 is 0 Å². The van der Waals surface area contributed by atoms with Crippen LogP contribution in [0.5, 0.6) is 5.75 Å². The minimum atomic E-state index is 0. The Hall–Kier alpha value is -1.84. The van der Waals surface area contributed by atoms with Gasteiger partial charge in [-0.3, -0.25) is 4.99 Å². The lowest BCUT2D eigenvalue weighted by atomic mass is 9.78. The Bertz CT molecular complexity index is 874. The molecular formula is C22H33IN6O. The summed E-state index contributed by atoms with van der Waals surface area (Å²) in [5, 5.41) is 11.7. The van der Waals surface area contributed by atoms with Gasteiger partial charge >= 0.3 is 0 Å². The highest BCUT2D eigenvalue weighted by molar-refractivity contribution is 14.0. The van der Waals surface area contributed by atoms with E-state index in [1.807, 2.05) is 24.7 Å². The third kappa shape index (κ3) is 4.90. The third-order valence-corrected chi connectivity index (χ3v) is 6.37. The van der Waals surface area contributed by atoms with E-state index in [9.17, 15) is 0 Å². The van der Waals surface area contributed by atoms with Crippen LogP contribution in [0.4, 0.5) is 0 Å². The van der Waals surface area contributed by atoms with Crippen LogP contribution in [0, 0.1) is 6.92 Å². The summed E-state index contributed by atoms with van der Waals surface area (Å²) in [5.41, 5.74) is 1.49.